The normalized spacial score (nSPS) is 16.4. The Kier molecular flexibility index (Phi) is 13.9. The highest BCUT2D eigenvalue weighted by atomic mass is 19.1. The third kappa shape index (κ3) is 11.3. The molecule has 1 heterocycles. The third-order valence-electron chi connectivity index (χ3n) is 6.18. The van der Waals surface area contributed by atoms with Crippen molar-refractivity contribution in [3.63, 3.8) is 0 Å². The molecule has 41 heavy (non-hydrogen) atoms. The minimum atomic E-state index is -2.27. The van der Waals surface area contributed by atoms with E-state index < -0.39 is 24.1 Å². The monoisotopic (exact) mass is 579 g/mol. The fourth-order valence-electron chi connectivity index (χ4n) is 4.06. The van der Waals surface area contributed by atoms with Crippen LogP contribution in [-0.2, 0) is 23.9 Å². The van der Waals surface area contributed by atoms with Gasteiger partial charge < -0.3 is 34.8 Å². The van der Waals surface area contributed by atoms with Gasteiger partial charge in [0, 0.05) is 18.7 Å². The summed E-state index contributed by atoms with van der Waals surface area (Å²) < 4.78 is 37.6. The van der Waals surface area contributed by atoms with Crippen molar-refractivity contribution in [1.82, 2.24) is 4.90 Å². The molecule has 0 radical (unpaired) electrons. The second-order valence-electron chi connectivity index (χ2n) is 9.23. The first-order valence-corrected chi connectivity index (χ1v) is 13.1. The van der Waals surface area contributed by atoms with E-state index in [4.69, 9.17) is 29.9 Å². The second kappa shape index (κ2) is 17.1. The van der Waals surface area contributed by atoms with Gasteiger partial charge in [0.25, 0.3) is 0 Å². The number of aliphatic carboxylic acids is 2. The van der Waals surface area contributed by atoms with Gasteiger partial charge in [-0.2, -0.15) is 0 Å². The van der Waals surface area contributed by atoms with Crippen molar-refractivity contribution < 1.29 is 53.1 Å². The largest absolute Gasteiger partial charge is 0.500 e. The molecule has 0 amide bonds. The number of carbonyl (C=O) groups is 3. The van der Waals surface area contributed by atoms with Crippen molar-refractivity contribution in [3.05, 3.63) is 77.6 Å². The number of esters is 1. The van der Waals surface area contributed by atoms with E-state index >= 15 is 0 Å². The topological polar surface area (TPSA) is 154 Å². The van der Waals surface area contributed by atoms with E-state index in [1.807, 2.05) is 6.92 Å². The molecular weight excluding hydrogens is 544 g/mol. The van der Waals surface area contributed by atoms with E-state index in [9.17, 15) is 23.2 Å². The maximum Gasteiger partial charge on any atom is 0.335 e. The Morgan fingerprint density at radius 1 is 0.951 bits per heavy atom. The van der Waals surface area contributed by atoms with Crippen LogP contribution in [0.5, 0.6) is 0 Å². The number of benzene rings is 2. The van der Waals surface area contributed by atoms with Gasteiger partial charge in [0.1, 0.15) is 11.6 Å². The van der Waals surface area contributed by atoms with Crippen LogP contribution in [0.2, 0.25) is 0 Å². The first kappa shape index (κ1) is 33.3. The highest BCUT2D eigenvalue weighted by Gasteiger charge is 2.29. The lowest BCUT2D eigenvalue weighted by Gasteiger charge is -2.31. The molecule has 3 rings (SSSR count). The van der Waals surface area contributed by atoms with Crippen molar-refractivity contribution in [2.24, 2.45) is 5.92 Å². The van der Waals surface area contributed by atoms with E-state index in [1.54, 1.807) is 30.5 Å². The van der Waals surface area contributed by atoms with Crippen LogP contribution in [0.15, 0.2) is 54.8 Å². The van der Waals surface area contributed by atoms with Gasteiger partial charge >= 0.3 is 17.9 Å². The number of nitrogens with zero attached hydrogens (tertiary/aromatic N) is 1. The lowest BCUT2D eigenvalue weighted by atomic mass is 9.98. The average Bonchev–Trinajstić information content (AvgIpc) is 2.96. The zero-order chi connectivity index (χ0) is 30.4. The molecule has 224 valence electrons. The Hall–Kier alpha value is -3.87. The summed E-state index contributed by atoms with van der Waals surface area (Å²) >= 11 is 0. The molecule has 3 atom stereocenters. The quantitative estimate of drug-likeness (QED) is 0.168. The van der Waals surface area contributed by atoms with E-state index in [1.165, 1.54) is 24.3 Å². The van der Waals surface area contributed by atoms with Crippen LogP contribution in [0, 0.1) is 17.6 Å². The number of ether oxygens (including phenoxy) is 2. The minimum Gasteiger partial charge on any atom is -0.500 e. The molecule has 10 nitrogen and oxygen atoms in total. The summed E-state index contributed by atoms with van der Waals surface area (Å²) in [6.07, 6.45) is -0.198. The summed E-state index contributed by atoms with van der Waals surface area (Å²) in [5.74, 6) is -4.31. The minimum absolute atomic E-state index is 0.0435. The van der Waals surface area contributed by atoms with Crippen molar-refractivity contribution in [2.45, 2.75) is 38.4 Å². The standard InChI is InChI=1S/C25H29F2NO3.C4H6O6/c1-2-31-25(29)21-5-3-14-28(17-21)15-4-16-30-18-24(19-6-10-22(26)11-7-19)20-8-12-23(27)13-9-20;5-1(3(7)8)2(6)4(9)10/h6-13,18,21H,2-5,14-17H2,1H3;1-2,5-6H,(H,7,8)(H,9,10). The fourth-order valence-corrected chi connectivity index (χ4v) is 4.06. The zero-order valence-corrected chi connectivity index (χ0v) is 22.6. The van der Waals surface area contributed by atoms with Gasteiger partial charge in [-0.05, 0) is 68.1 Å². The van der Waals surface area contributed by atoms with E-state index in [2.05, 4.69) is 4.90 Å². The number of carboxylic acid groups (broad SMARTS) is 2. The Morgan fingerprint density at radius 3 is 1.93 bits per heavy atom. The van der Waals surface area contributed by atoms with Crippen molar-refractivity contribution in [3.8, 4) is 0 Å². The Bertz CT molecular complexity index is 1090. The molecule has 2 aromatic carbocycles. The molecule has 0 spiro atoms. The number of halogens is 2. The molecule has 0 aromatic heterocycles. The lowest BCUT2D eigenvalue weighted by Crippen LogP contribution is -2.40. The number of aliphatic hydroxyl groups is 2. The predicted octanol–water partition coefficient (Wildman–Crippen LogP) is 2.91. The van der Waals surface area contributed by atoms with Gasteiger partial charge in [0.15, 0.2) is 12.2 Å². The Morgan fingerprint density at radius 2 is 1.46 bits per heavy atom. The number of carboxylic acids is 2. The molecule has 12 heteroatoms. The number of hydrogen-bond donors (Lipinski definition) is 4. The third-order valence-corrected chi connectivity index (χ3v) is 6.18. The fraction of sp³-hybridized carbons (Fsp3) is 0.414. The predicted molar refractivity (Wildman–Crippen MR) is 144 cm³/mol. The van der Waals surface area contributed by atoms with Crippen molar-refractivity contribution in [2.75, 3.05) is 32.8 Å². The molecule has 2 aromatic rings. The smallest absolute Gasteiger partial charge is 0.335 e. The molecule has 1 fully saturated rings. The number of aliphatic hydroxyl groups excluding tert-OH is 2. The molecule has 0 saturated carbocycles. The van der Waals surface area contributed by atoms with Crippen molar-refractivity contribution in [1.29, 1.82) is 0 Å². The SMILES string of the molecule is CCOC(=O)C1CCCN(CCCOC=C(c2ccc(F)cc2)c2ccc(F)cc2)C1.O=C(O)C(O)C(O)C(=O)O. The Balaban J connectivity index is 0.000000503. The molecule has 1 aliphatic rings. The summed E-state index contributed by atoms with van der Waals surface area (Å²) in [7, 11) is 0. The summed E-state index contributed by atoms with van der Waals surface area (Å²) in [5.41, 5.74) is 2.35. The summed E-state index contributed by atoms with van der Waals surface area (Å²) in [5, 5.41) is 32.5. The van der Waals surface area contributed by atoms with Crippen LogP contribution in [0.1, 0.15) is 37.3 Å². The van der Waals surface area contributed by atoms with Gasteiger partial charge in [0.2, 0.25) is 0 Å². The number of carbonyl (C=O) groups excluding carboxylic acids is 1. The first-order chi connectivity index (χ1) is 19.5. The van der Waals surface area contributed by atoms with Crippen LogP contribution in [0.4, 0.5) is 8.78 Å². The molecule has 1 saturated heterocycles. The van der Waals surface area contributed by atoms with E-state index in [0.29, 0.717) is 13.2 Å². The first-order valence-electron chi connectivity index (χ1n) is 13.1. The summed E-state index contributed by atoms with van der Waals surface area (Å²) in [4.78, 5) is 33.8. The van der Waals surface area contributed by atoms with Crippen molar-refractivity contribution >= 4 is 23.5 Å². The van der Waals surface area contributed by atoms with Crippen LogP contribution in [-0.4, -0.2) is 88.3 Å². The maximum absolute atomic E-state index is 13.3. The molecular formula is C29H35F2NO9. The second-order valence-corrected chi connectivity index (χ2v) is 9.23. The van der Waals surface area contributed by atoms with Crippen LogP contribution >= 0.6 is 0 Å². The number of piperidine rings is 1. The van der Waals surface area contributed by atoms with Crippen LogP contribution in [0.25, 0.3) is 5.57 Å². The highest BCUT2D eigenvalue weighted by molar-refractivity contribution is 5.83. The van der Waals surface area contributed by atoms with E-state index in [0.717, 1.165) is 55.6 Å². The van der Waals surface area contributed by atoms with Gasteiger partial charge in [-0.25, -0.2) is 18.4 Å². The number of likely N-dealkylation sites (tertiary alicyclic amines) is 1. The van der Waals surface area contributed by atoms with E-state index in [-0.39, 0.29) is 23.5 Å². The maximum atomic E-state index is 13.3. The molecule has 4 N–H and O–H groups in total. The van der Waals surface area contributed by atoms with Gasteiger partial charge in [-0.3, -0.25) is 4.79 Å². The lowest BCUT2D eigenvalue weighted by molar-refractivity contribution is -0.165. The molecule has 3 unspecified atom stereocenters. The zero-order valence-electron chi connectivity index (χ0n) is 22.6. The molecule has 0 aliphatic carbocycles. The molecule has 0 bridgehead atoms. The Labute approximate surface area is 236 Å². The summed E-state index contributed by atoms with van der Waals surface area (Å²) in [6.45, 7) is 5.29. The van der Waals surface area contributed by atoms with Gasteiger partial charge in [-0.1, -0.05) is 24.3 Å². The van der Waals surface area contributed by atoms with Crippen LogP contribution in [0.3, 0.4) is 0 Å². The van der Waals surface area contributed by atoms with Gasteiger partial charge in [-0.15, -0.1) is 0 Å². The summed E-state index contributed by atoms with van der Waals surface area (Å²) in [6, 6.07) is 12.3. The number of hydrogen-bond acceptors (Lipinski definition) is 8. The average molecular weight is 580 g/mol. The molecule has 1 aliphatic heterocycles. The van der Waals surface area contributed by atoms with Gasteiger partial charge in [0.05, 0.1) is 25.4 Å². The van der Waals surface area contributed by atoms with Crippen LogP contribution < -0.4 is 0 Å². The number of rotatable bonds is 12. The highest BCUT2D eigenvalue weighted by Crippen LogP contribution is 2.24.